The van der Waals surface area contributed by atoms with Crippen LogP contribution in [-0.4, -0.2) is 55.3 Å². The van der Waals surface area contributed by atoms with Crippen LogP contribution in [0.4, 0.5) is 23.7 Å². The van der Waals surface area contributed by atoms with Crippen LogP contribution in [0, 0.1) is 5.82 Å². The van der Waals surface area contributed by atoms with Crippen molar-refractivity contribution >= 4 is 39.6 Å². The summed E-state index contributed by atoms with van der Waals surface area (Å²) in [4.78, 5) is 38.1. The topological polar surface area (TPSA) is 111 Å². The first kappa shape index (κ1) is 26.4. The van der Waals surface area contributed by atoms with Gasteiger partial charge in [-0.3, -0.25) is 4.90 Å². The largest absolute Gasteiger partial charge is 0.460 e. The number of hydrazine groups is 1. The Morgan fingerprint density at radius 3 is 2.48 bits per heavy atom. The molecule has 13 heteroatoms. The van der Waals surface area contributed by atoms with Crippen LogP contribution in [0.25, 0.3) is 0 Å². The van der Waals surface area contributed by atoms with Gasteiger partial charge in [0.15, 0.2) is 0 Å². The highest BCUT2D eigenvalue weighted by Crippen LogP contribution is 2.34. The highest BCUT2D eigenvalue weighted by molar-refractivity contribution is 9.10. The first-order valence-electron chi connectivity index (χ1n) is 9.28. The number of esters is 2. The number of anilines is 1. The van der Waals surface area contributed by atoms with Gasteiger partial charge < -0.3 is 14.2 Å². The molecular formula is C20H21BrF3N3O6. The Hall–Kier alpha value is -2.90. The van der Waals surface area contributed by atoms with Crippen molar-refractivity contribution in [1.82, 2.24) is 5.01 Å². The van der Waals surface area contributed by atoms with Crippen molar-refractivity contribution in [2.45, 2.75) is 25.9 Å². The normalized spacial score (nSPS) is 14.5. The molecule has 0 fully saturated rings. The second-order valence-electron chi connectivity index (χ2n) is 7.16. The van der Waals surface area contributed by atoms with E-state index in [0.29, 0.717) is 4.90 Å². The summed E-state index contributed by atoms with van der Waals surface area (Å²) in [5, 5.41) is 0.151. The number of allylic oxidation sites excluding steroid dienone is 2. The smallest absolute Gasteiger partial charge is 0.350 e. The zero-order chi connectivity index (χ0) is 25.1. The summed E-state index contributed by atoms with van der Waals surface area (Å²) >= 11 is 3.03. The summed E-state index contributed by atoms with van der Waals surface area (Å²) in [6.07, 6.45) is -2.27. The van der Waals surface area contributed by atoms with E-state index in [1.54, 1.807) is 0 Å². The Morgan fingerprint density at radius 2 is 1.91 bits per heavy atom. The van der Waals surface area contributed by atoms with E-state index < -0.39 is 47.2 Å². The van der Waals surface area contributed by atoms with Crippen molar-refractivity contribution in [3.8, 4) is 0 Å². The van der Waals surface area contributed by atoms with E-state index in [0.717, 1.165) is 18.2 Å². The highest BCUT2D eigenvalue weighted by Gasteiger charge is 2.37. The summed E-state index contributed by atoms with van der Waals surface area (Å²) < 4.78 is 55.8. The first-order valence-corrected chi connectivity index (χ1v) is 10.1. The predicted octanol–water partition coefficient (Wildman–Crippen LogP) is 3.49. The lowest BCUT2D eigenvalue weighted by Gasteiger charge is -2.34. The number of amides is 2. The lowest BCUT2D eigenvalue weighted by atomic mass is 10.1. The fourth-order valence-electron chi connectivity index (χ4n) is 2.66. The number of hydrogen-bond acceptors (Lipinski definition) is 7. The number of nitrogens with two attached hydrogens (primary N) is 1. The lowest BCUT2D eigenvalue weighted by molar-refractivity contribution is -0.163. The standard InChI is InChI=1S/C20H21BrF3N3O6/c1-10-7-15(16(23)24)27(25)19(30)26(10)14-8-11(12(21)9-13(14)22)17(28)33-20(2,3)18(29)32-6-5-31-4/h7-9,16H,1,5-6,25H2,2-4H3. The Labute approximate surface area is 195 Å². The minimum Gasteiger partial charge on any atom is -0.460 e. The van der Waals surface area contributed by atoms with E-state index in [9.17, 15) is 27.6 Å². The molecule has 1 aliphatic heterocycles. The van der Waals surface area contributed by atoms with Crippen molar-refractivity contribution in [3.63, 3.8) is 0 Å². The quantitative estimate of drug-likeness (QED) is 0.234. The molecule has 0 radical (unpaired) electrons. The van der Waals surface area contributed by atoms with Crippen LogP contribution in [0.1, 0.15) is 24.2 Å². The maximum atomic E-state index is 14.7. The third kappa shape index (κ3) is 5.72. The van der Waals surface area contributed by atoms with E-state index >= 15 is 0 Å². The number of carbonyl (C=O) groups excluding carboxylic acids is 3. The molecule has 180 valence electrons. The van der Waals surface area contributed by atoms with Crippen molar-refractivity contribution in [3.05, 3.63) is 52.0 Å². The Morgan fingerprint density at radius 1 is 1.27 bits per heavy atom. The number of carbonyl (C=O) groups is 3. The van der Waals surface area contributed by atoms with Crippen LogP contribution < -0.4 is 10.7 Å². The number of rotatable bonds is 8. The van der Waals surface area contributed by atoms with E-state index in [2.05, 4.69) is 22.5 Å². The van der Waals surface area contributed by atoms with Gasteiger partial charge in [-0.15, -0.1) is 0 Å². The van der Waals surface area contributed by atoms with Crippen molar-refractivity contribution in [2.75, 3.05) is 25.2 Å². The number of urea groups is 1. The van der Waals surface area contributed by atoms with Crippen LogP contribution in [0.15, 0.2) is 40.7 Å². The average molecular weight is 536 g/mol. The second kappa shape index (κ2) is 10.4. The van der Waals surface area contributed by atoms with Gasteiger partial charge in [0, 0.05) is 17.3 Å². The van der Waals surface area contributed by atoms with Gasteiger partial charge in [0.25, 0.3) is 6.43 Å². The number of alkyl halides is 2. The molecule has 0 bridgehead atoms. The molecule has 0 saturated heterocycles. The van der Waals surface area contributed by atoms with Crippen LogP contribution in [-0.2, 0) is 19.0 Å². The fourth-order valence-corrected chi connectivity index (χ4v) is 3.13. The molecule has 0 aliphatic carbocycles. The SMILES string of the molecule is C=C1C=C(C(F)F)N(N)C(=O)N1c1cc(C(=O)OC(C)(C)C(=O)OCCOC)c(Br)cc1F. The first-order chi connectivity index (χ1) is 15.3. The Bertz CT molecular complexity index is 1020. The Balaban J connectivity index is 2.37. The lowest BCUT2D eigenvalue weighted by Crippen LogP contribution is -2.50. The molecule has 1 aliphatic rings. The molecular weight excluding hydrogens is 515 g/mol. The van der Waals surface area contributed by atoms with Gasteiger partial charge >= 0.3 is 18.0 Å². The highest BCUT2D eigenvalue weighted by atomic mass is 79.9. The molecule has 0 atom stereocenters. The van der Waals surface area contributed by atoms with E-state index in [1.807, 2.05) is 0 Å². The number of hydrogen-bond donors (Lipinski definition) is 1. The third-order valence-electron chi connectivity index (χ3n) is 4.36. The maximum absolute atomic E-state index is 14.7. The zero-order valence-electron chi connectivity index (χ0n) is 17.9. The summed E-state index contributed by atoms with van der Waals surface area (Å²) in [5.74, 6) is 2.53. The van der Waals surface area contributed by atoms with Gasteiger partial charge in [0.2, 0.25) is 5.60 Å². The van der Waals surface area contributed by atoms with Crippen molar-refractivity contribution in [2.24, 2.45) is 5.84 Å². The van der Waals surface area contributed by atoms with Gasteiger partial charge in [-0.1, -0.05) is 6.58 Å². The molecule has 1 aromatic rings. The molecule has 0 aromatic heterocycles. The fraction of sp³-hybridized carbons (Fsp3) is 0.350. The molecule has 2 rings (SSSR count). The minimum atomic E-state index is -3.08. The van der Waals surface area contributed by atoms with Crippen LogP contribution >= 0.6 is 15.9 Å². The summed E-state index contributed by atoms with van der Waals surface area (Å²) in [7, 11) is 1.42. The molecule has 0 saturated carbocycles. The number of methoxy groups -OCH3 is 1. The van der Waals surface area contributed by atoms with E-state index in [-0.39, 0.29) is 34.0 Å². The van der Waals surface area contributed by atoms with Crippen LogP contribution in [0.2, 0.25) is 0 Å². The molecule has 0 unspecified atom stereocenters. The summed E-state index contributed by atoms with van der Waals surface area (Å²) in [6.45, 7) is 6.14. The monoisotopic (exact) mass is 535 g/mol. The molecule has 2 N–H and O–H groups in total. The number of ether oxygens (including phenoxy) is 3. The van der Waals surface area contributed by atoms with Crippen molar-refractivity contribution in [1.29, 1.82) is 0 Å². The number of nitrogens with zero attached hydrogens (tertiary/aromatic N) is 2. The summed E-state index contributed by atoms with van der Waals surface area (Å²) in [6, 6.07) is 0.580. The van der Waals surface area contributed by atoms with E-state index in [4.69, 9.17) is 20.1 Å². The van der Waals surface area contributed by atoms with Gasteiger partial charge in [-0.2, -0.15) is 0 Å². The maximum Gasteiger partial charge on any atom is 0.350 e. The average Bonchev–Trinajstić information content (AvgIpc) is 2.71. The van der Waals surface area contributed by atoms with Gasteiger partial charge in [-0.05, 0) is 48.0 Å². The van der Waals surface area contributed by atoms with Gasteiger partial charge in [-0.25, -0.2) is 38.4 Å². The van der Waals surface area contributed by atoms with E-state index in [1.165, 1.54) is 21.0 Å². The molecule has 1 aromatic carbocycles. The second-order valence-corrected chi connectivity index (χ2v) is 8.02. The van der Waals surface area contributed by atoms with Gasteiger partial charge in [0.1, 0.15) is 18.1 Å². The zero-order valence-corrected chi connectivity index (χ0v) is 19.4. The minimum absolute atomic E-state index is 0.0548. The van der Waals surface area contributed by atoms with Crippen molar-refractivity contribution < 1.29 is 41.8 Å². The molecule has 1 heterocycles. The molecule has 2 amide bonds. The van der Waals surface area contributed by atoms with Crippen LogP contribution in [0.5, 0.6) is 0 Å². The number of benzene rings is 1. The molecule has 9 nitrogen and oxygen atoms in total. The molecule has 0 spiro atoms. The third-order valence-corrected chi connectivity index (χ3v) is 5.01. The van der Waals surface area contributed by atoms with Crippen LogP contribution in [0.3, 0.4) is 0 Å². The number of halogens is 4. The summed E-state index contributed by atoms with van der Waals surface area (Å²) in [5.41, 5.74) is -3.61. The Kier molecular flexibility index (Phi) is 8.27. The molecule has 33 heavy (non-hydrogen) atoms. The van der Waals surface area contributed by atoms with Gasteiger partial charge in [0.05, 0.1) is 17.9 Å². The predicted molar refractivity (Wildman–Crippen MR) is 114 cm³/mol.